The fourth-order valence-corrected chi connectivity index (χ4v) is 6.70. The minimum absolute atomic E-state index is 0.148. The summed E-state index contributed by atoms with van der Waals surface area (Å²) in [7, 11) is 1.37. The topological polar surface area (TPSA) is 95.3 Å². The number of amides is 1. The zero-order valence-electron chi connectivity index (χ0n) is 21.3. The maximum absolute atomic E-state index is 12.8. The van der Waals surface area contributed by atoms with Crippen LogP contribution in [0.4, 0.5) is 5.00 Å². The molecule has 4 rings (SSSR count). The Morgan fingerprint density at radius 3 is 2.67 bits per heavy atom. The van der Waals surface area contributed by atoms with Gasteiger partial charge in [-0.25, -0.2) is 4.79 Å². The van der Waals surface area contributed by atoms with Crippen molar-refractivity contribution in [3.8, 4) is 5.75 Å². The summed E-state index contributed by atoms with van der Waals surface area (Å²) < 4.78 is 12.9. The molecule has 2 aromatic heterocycles. The highest BCUT2D eigenvalue weighted by atomic mass is 32.2. The molecule has 10 heteroatoms. The van der Waals surface area contributed by atoms with Crippen molar-refractivity contribution in [3.63, 3.8) is 0 Å². The van der Waals surface area contributed by atoms with Gasteiger partial charge in [-0.2, -0.15) is 0 Å². The molecule has 36 heavy (non-hydrogen) atoms. The second-order valence-corrected chi connectivity index (χ2v) is 11.2. The van der Waals surface area contributed by atoms with Crippen LogP contribution in [0.25, 0.3) is 0 Å². The zero-order valence-corrected chi connectivity index (χ0v) is 23.0. The summed E-state index contributed by atoms with van der Waals surface area (Å²) in [5.41, 5.74) is 3.80. The van der Waals surface area contributed by atoms with Crippen LogP contribution in [0, 0.1) is 19.8 Å². The Kier molecular flexibility index (Phi) is 8.35. The third-order valence-corrected chi connectivity index (χ3v) is 8.30. The van der Waals surface area contributed by atoms with Crippen LogP contribution in [-0.2, 0) is 35.5 Å². The number of rotatable bonds is 9. The van der Waals surface area contributed by atoms with Crippen LogP contribution in [0.3, 0.4) is 0 Å². The van der Waals surface area contributed by atoms with Crippen molar-refractivity contribution in [1.29, 1.82) is 0 Å². The highest BCUT2D eigenvalue weighted by molar-refractivity contribution is 7.99. The fraction of sp³-hybridized carbons (Fsp3) is 0.462. The minimum atomic E-state index is -0.399. The van der Waals surface area contributed by atoms with Crippen LogP contribution in [0.15, 0.2) is 23.4 Å². The van der Waals surface area contributed by atoms with Gasteiger partial charge >= 0.3 is 5.97 Å². The van der Waals surface area contributed by atoms with E-state index >= 15 is 0 Å². The molecule has 3 aromatic rings. The van der Waals surface area contributed by atoms with Crippen molar-refractivity contribution < 1.29 is 19.1 Å². The normalized spacial score (nSPS) is 14.9. The molecule has 0 spiro atoms. The van der Waals surface area contributed by atoms with E-state index in [9.17, 15) is 9.59 Å². The molecule has 2 heterocycles. The lowest BCUT2D eigenvalue weighted by molar-refractivity contribution is -0.113. The molecule has 1 aliphatic carbocycles. The number of nitrogens with zero attached hydrogens (tertiary/aromatic N) is 3. The van der Waals surface area contributed by atoms with Crippen LogP contribution in [0.5, 0.6) is 5.75 Å². The van der Waals surface area contributed by atoms with E-state index in [1.807, 2.05) is 37.5 Å². The van der Waals surface area contributed by atoms with Crippen molar-refractivity contribution in [1.82, 2.24) is 14.8 Å². The number of thioether (sulfide) groups is 1. The van der Waals surface area contributed by atoms with Crippen molar-refractivity contribution in [2.45, 2.75) is 65.3 Å². The number of nitrogens with one attached hydrogen (secondary N) is 1. The smallest absolute Gasteiger partial charge is 0.341 e. The maximum Gasteiger partial charge on any atom is 0.341 e. The van der Waals surface area contributed by atoms with Crippen molar-refractivity contribution in [2.24, 2.45) is 5.92 Å². The molecule has 1 N–H and O–H groups in total. The second kappa shape index (κ2) is 11.5. The summed E-state index contributed by atoms with van der Waals surface area (Å²) in [6.45, 7) is 9.24. The summed E-state index contributed by atoms with van der Waals surface area (Å²) in [6, 6.07) is 6.08. The van der Waals surface area contributed by atoms with Gasteiger partial charge in [-0.15, -0.1) is 21.5 Å². The first-order valence-electron chi connectivity index (χ1n) is 12.1. The minimum Gasteiger partial charge on any atom is -0.486 e. The first kappa shape index (κ1) is 26.2. The van der Waals surface area contributed by atoms with Gasteiger partial charge in [0.15, 0.2) is 11.0 Å². The molecule has 0 aliphatic heterocycles. The number of aromatic nitrogens is 3. The lowest BCUT2D eigenvalue weighted by Gasteiger charge is -2.18. The molecular weight excluding hydrogens is 496 g/mol. The quantitative estimate of drug-likeness (QED) is 0.301. The summed E-state index contributed by atoms with van der Waals surface area (Å²) in [4.78, 5) is 26.5. The van der Waals surface area contributed by atoms with Gasteiger partial charge in [0.1, 0.15) is 17.4 Å². The Balaban J connectivity index is 1.41. The van der Waals surface area contributed by atoms with Crippen molar-refractivity contribution in [3.05, 3.63) is 51.2 Å². The number of ether oxygens (including phenoxy) is 2. The number of thiophene rings is 1. The molecular formula is C26H32N4O4S2. The molecule has 0 radical (unpaired) electrons. The van der Waals surface area contributed by atoms with Crippen LogP contribution >= 0.6 is 23.1 Å². The molecule has 0 saturated carbocycles. The van der Waals surface area contributed by atoms with E-state index in [4.69, 9.17) is 9.47 Å². The number of methoxy groups -OCH3 is 1. The standard InChI is InChI=1S/C26H32N4O4S2/c1-6-30-21(13-34-18-10-16(3)9-17(4)11-18)28-29-26(30)35-14-22(31)27-24-23(25(32)33-5)19-8-7-15(2)12-20(19)36-24/h9-11,15H,6-8,12-14H2,1-5H3,(H,27,31). The molecule has 1 unspecified atom stereocenters. The van der Waals surface area contributed by atoms with E-state index in [1.165, 1.54) is 30.2 Å². The SMILES string of the molecule is CCn1c(COc2cc(C)cc(C)c2)nnc1SCC(=O)Nc1sc2c(c1C(=O)OC)CCC(C)C2. The second-order valence-electron chi connectivity index (χ2n) is 9.14. The Morgan fingerprint density at radius 1 is 1.22 bits per heavy atom. The summed E-state index contributed by atoms with van der Waals surface area (Å²) in [5.74, 6) is 1.61. The Labute approximate surface area is 219 Å². The monoisotopic (exact) mass is 528 g/mol. The predicted octanol–water partition coefficient (Wildman–Crippen LogP) is 5.20. The Bertz CT molecular complexity index is 1250. The van der Waals surface area contributed by atoms with Crippen molar-refractivity contribution in [2.75, 3.05) is 18.2 Å². The van der Waals surface area contributed by atoms with E-state index in [2.05, 4.69) is 28.5 Å². The van der Waals surface area contributed by atoms with E-state index in [0.717, 1.165) is 46.6 Å². The van der Waals surface area contributed by atoms with Gasteiger partial charge < -0.3 is 19.4 Å². The Morgan fingerprint density at radius 2 is 1.97 bits per heavy atom. The van der Waals surface area contributed by atoms with Crippen LogP contribution in [0.1, 0.15) is 58.0 Å². The Hall–Kier alpha value is -2.85. The fourth-order valence-electron chi connectivity index (χ4n) is 4.46. The third-order valence-electron chi connectivity index (χ3n) is 6.16. The average molecular weight is 529 g/mol. The molecule has 0 saturated heterocycles. The zero-order chi connectivity index (χ0) is 25.8. The number of anilines is 1. The van der Waals surface area contributed by atoms with E-state index in [-0.39, 0.29) is 18.3 Å². The lowest BCUT2D eigenvalue weighted by Crippen LogP contribution is -2.17. The van der Waals surface area contributed by atoms with Crippen LogP contribution in [-0.4, -0.2) is 39.5 Å². The maximum atomic E-state index is 12.8. The number of hydrogen-bond donors (Lipinski definition) is 1. The third kappa shape index (κ3) is 5.92. The summed E-state index contributed by atoms with van der Waals surface area (Å²) in [6.07, 6.45) is 2.77. The summed E-state index contributed by atoms with van der Waals surface area (Å²) in [5, 5.41) is 12.7. The number of benzene rings is 1. The lowest BCUT2D eigenvalue weighted by atomic mass is 9.88. The molecule has 192 valence electrons. The van der Waals surface area contributed by atoms with Gasteiger partial charge in [0.2, 0.25) is 5.91 Å². The van der Waals surface area contributed by atoms with E-state index in [0.29, 0.717) is 34.0 Å². The number of esters is 1. The molecule has 1 aliphatic rings. The average Bonchev–Trinajstić information content (AvgIpc) is 3.39. The largest absolute Gasteiger partial charge is 0.486 e. The van der Waals surface area contributed by atoms with Gasteiger partial charge in [-0.3, -0.25) is 4.79 Å². The molecule has 1 amide bonds. The van der Waals surface area contributed by atoms with E-state index < -0.39 is 5.97 Å². The van der Waals surface area contributed by atoms with Crippen LogP contribution < -0.4 is 10.1 Å². The number of fused-ring (bicyclic) bond motifs is 1. The van der Waals surface area contributed by atoms with Crippen LogP contribution in [0.2, 0.25) is 0 Å². The van der Waals surface area contributed by atoms with Gasteiger partial charge in [-0.1, -0.05) is 24.8 Å². The molecule has 0 bridgehead atoms. The molecule has 8 nitrogen and oxygen atoms in total. The first-order chi connectivity index (χ1) is 17.3. The van der Waals surface area contributed by atoms with Gasteiger partial charge in [0.05, 0.1) is 18.4 Å². The van der Waals surface area contributed by atoms with Gasteiger partial charge in [-0.05, 0) is 74.8 Å². The number of hydrogen-bond acceptors (Lipinski definition) is 8. The molecule has 0 fully saturated rings. The molecule has 1 aromatic carbocycles. The van der Waals surface area contributed by atoms with Crippen molar-refractivity contribution >= 4 is 40.0 Å². The number of aryl methyl sites for hydroxylation is 2. The summed E-state index contributed by atoms with van der Waals surface area (Å²) >= 11 is 2.80. The highest BCUT2D eigenvalue weighted by Crippen LogP contribution is 2.40. The predicted molar refractivity (Wildman–Crippen MR) is 142 cm³/mol. The highest BCUT2D eigenvalue weighted by Gasteiger charge is 2.29. The van der Waals surface area contributed by atoms with Gasteiger partial charge in [0.25, 0.3) is 0 Å². The molecule has 1 atom stereocenters. The van der Waals surface area contributed by atoms with Gasteiger partial charge in [0, 0.05) is 11.4 Å². The first-order valence-corrected chi connectivity index (χ1v) is 13.9. The van der Waals surface area contributed by atoms with E-state index in [1.54, 1.807) is 0 Å². The number of carbonyl (C=O) groups excluding carboxylic acids is 2. The number of carbonyl (C=O) groups is 2.